The highest BCUT2D eigenvalue weighted by atomic mass is 19.3. The number of carbonyl (C=O) groups is 1. The average Bonchev–Trinajstić information content (AvgIpc) is 1.85. The van der Waals surface area contributed by atoms with Gasteiger partial charge in [0.05, 0.1) is 6.04 Å². The number of ketones is 1. The summed E-state index contributed by atoms with van der Waals surface area (Å²) < 4.78 is 24.5. The molecule has 72 valence electrons. The molecule has 12 heavy (non-hydrogen) atoms. The van der Waals surface area contributed by atoms with Gasteiger partial charge >= 0.3 is 0 Å². The molecule has 0 aromatic heterocycles. The first-order valence-corrected chi connectivity index (χ1v) is 3.81. The van der Waals surface area contributed by atoms with Crippen LogP contribution in [0.3, 0.4) is 0 Å². The number of alkyl halides is 2. The monoisotopic (exact) mass is 179 g/mol. The normalized spacial score (nSPS) is 14.9. The molecule has 2 N–H and O–H groups in total. The Hall–Kier alpha value is -0.510. The zero-order chi connectivity index (χ0) is 9.94. The van der Waals surface area contributed by atoms with Crippen molar-refractivity contribution in [2.75, 3.05) is 0 Å². The molecule has 2 nitrogen and oxygen atoms in total. The second-order valence-electron chi connectivity index (χ2n) is 3.71. The first-order chi connectivity index (χ1) is 5.27. The van der Waals surface area contributed by atoms with E-state index in [0.717, 1.165) is 0 Å². The highest BCUT2D eigenvalue weighted by molar-refractivity contribution is 5.81. The minimum atomic E-state index is -2.44. The fourth-order valence-corrected chi connectivity index (χ4v) is 0.800. The van der Waals surface area contributed by atoms with Crippen LogP contribution in [-0.4, -0.2) is 18.3 Å². The Morgan fingerprint density at radius 3 is 2.17 bits per heavy atom. The molecule has 0 radical (unpaired) electrons. The number of halogens is 2. The van der Waals surface area contributed by atoms with Crippen LogP contribution in [0, 0.1) is 5.41 Å². The lowest BCUT2D eigenvalue weighted by molar-refractivity contribution is -0.119. The Bertz CT molecular complexity index is 168. The first-order valence-electron chi connectivity index (χ1n) is 3.81. The summed E-state index contributed by atoms with van der Waals surface area (Å²) in [6, 6.07) is -0.769. The molecule has 0 aromatic rings. The van der Waals surface area contributed by atoms with Gasteiger partial charge in [0.15, 0.2) is 0 Å². The molecule has 0 saturated carbocycles. The highest BCUT2D eigenvalue weighted by Gasteiger charge is 2.32. The number of rotatable bonds is 4. The van der Waals surface area contributed by atoms with Crippen molar-refractivity contribution in [3.8, 4) is 0 Å². The molecule has 0 fully saturated rings. The molecule has 0 rings (SSSR count). The molecule has 1 atom stereocenters. The van der Waals surface area contributed by atoms with Crippen molar-refractivity contribution in [1.82, 2.24) is 0 Å². The molecule has 0 spiro atoms. The maximum Gasteiger partial charge on any atom is 0.243 e. The van der Waals surface area contributed by atoms with Crippen LogP contribution in [-0.2, 0) is 4.79 Å². The van der Waals surface area contributed by atoms with Crippen molar-refractivity contribution in [2.45, 2.75) is 39.7 Å². The summed E-state index contributed by atoms with van der Waals surface area (Å²) >= 11 is 0. The van der Waals surface area contributed by atoms with E-state index in [4.69, 9.17) is 5.73 Å². The molecule has 4 heteroatoms. The van der Waals surface area contributed by atoms with E-state index in [-0.39, 0.29) is 12.2 Å². The summed E-state index contributed by atoms with van der Waals surface area (Å²) in [6.07, 6.45) is -2.41. The number of nitrogens with two attached hydrogens (primary N) is 1. The molecule has 0 aromatic carbocycles. The van der Waals surface area contributed by atoms with Gasteiger partial charge in [0.1, 0.15) is 5.78 Å². The van der Waals surface area contributed by atoms with Crippen LogP contribution in [0.5, 0.6) is 0 Å². The lowest BCUT2D eigenvalue weighted by Crippen LogP contribution is -2.36. The van der Waals surface area contributed by atoms with Crippen molar-refractivity contribution in [2.24, 2.45) is 11.1 Å². The fourth-order valence-electron chi connectivity index (χ4n) is 0.800. The van der Waals surface area contributed by atoms with Gasteiger partial charge < -0.3 is 5.73 Å². The van der Waals surface area contributed by atoms with Gasteiger partial charge in [-0.25, -0.2) is 8.78 Å². The van der Waals surface area contributed by atoms with E-state index in [1.165, 1.54) is 20.8 Å². The Balaban J connectivity index is 4.15. The summed E-state index contributed by atoms with van der Waals surface area (Å²) in [7, 11) is 0. The molecule has 0 aliphatic carbocycles. The van der Waals surface area contributed by atoms with Gasteiger partial charge in [-0.1, -0.05) is 13.8 Å². The van der Waals surface area contributed by atoms with E-state index < -0.39 is 17.9 Å². The number of hydrogen-bond donors (Lipinski definition) is 1. The van der Waals surface area contributed by atoms with E-state index in [2.05, 4.69) is 0 Å². The molecule has 0 bridgehead atoms. The molecule has 0 aliphatic heterocycles. The second-order valence-corrected chi connectivity index (χ2v) is 3.71. The minimum absolute atomic E-state index is 0.0278. The third-order valence-corrected chi connectivity index (χ3v) is 1.86. The smallest absolute Gasteiger partial charge is 0.243 e. The van der Waals surface area contributed by atoms with Gasteiger partial charge in [-0.2, -0.15) is 0 Å². The summed E-state index contributed by atoms with van der Waals surface area (Å²) in [5.41, 5.74) is 4.18. The molecule has 1 unspecified atom stereocenters. The van der Waals surface area contributed by atoms with Crippen molar-refractivity contribution in [3.05, 3.63) is 0 Å². The Labute approximate surface area is 71.1 Å². The summed E-state index contributed by atoms with van der Waals surface area (Å²) in [6.45, 7) is 4.12. The molecule has 0 saturated heterocycles. The molecular formula is C8H15F2NO. The lowest BCUT2D eigenvalue weighted by Gasteiger charge is -2.25. The Morgan fingerprint density at radius 2 is 1.92 bits per heavy atom. The van der Waals surface area contributed by atoms with Gasteiger partial charge in [0.2, 0.25) is 6.43 Å². The molecule has 0 aliphatic rings. The van der Waals surface area contributed by atoms with Crippen LogP contribution < -0.4 is 5.73 Å². The summed E-state index contributed by atoms with van der Waals surface area (Å²) in [5.74, 6) is -0.247. The van der Waals surface area contributed by atoms with Crippen molar-refractivity contribution < 1.29 is 13.6 Å². The van der Waals surface area contributed by atoms with Crippen LogP contribution in [0.15, 0.2) is 0 Å². The van der Waals surface area contributed by atoms with E-state index in [1.54, 1.807) is 0 Å². The standard InChI is InChI=1S/C8H15F2NO/c1-5(12)6(11)4-8(2,3)7(9)10/h6-7H,4,11H2,1-3H3. The predicted molar refractivity (Wildman–Crippen MR) is 43.1 cm³/mol. The predicted octanol–water partition coefficient (Wildman–Crippen LogP) is 1.58. The Kier molecular flexibility index (Phi) is 3.77. The molecular weight excluding hydrogens is 164 g/mol. The minimum Gasteiger partial charge on any atom is -0.321 e. The van der Waals surface area contributed by atoms with E-state index in [0.29, 0.717) is 0 Å². The van der Waals surface area contributed by atoms with E-state index in [9.17, 15) is 13.6 Å². The van der Waals surface area contributed by atoms with E-state index in [1.807, 2.05) is 0 Å². The van der Waals surface area contributed by atoms with Gasteiger partial charge in [0, 0.05) is 5.41 Å². The topological polar surface area (TPSA) is 43.1 Å². The van der Waals surface area contributed by atoms with Gasteiger partial charge in [0.25, 0.3) is 0 Å². The third-order valence-electron chi connectivity index (χ3n) is 1.86. The lowest BCUT2D eigenvalue weighted by atomic mass is 9.85. The largest absolute Gasteiger partial charge is 0.321 e. The first kappa shape index (κ1) is 11.5. The molecule has 0 heterocycles. The van der Waals surface area contributed by atoms with Crippen molar-refractivity contribution in [3.63, 3.8) is 0 Å². The number of hydrogen-bond acceptors (Lipinski definition) is 2. The van der Waals surface area contributed by atoms with Gasteiger partial charge in [-0.3, -0.25) is 4.79 Å². The quantitative estimate of drug-likeness (QED) is 0.712. The fraction of sp³-hybridized carbons (Fsp3) is 0.875. The average molecular weight is 179 g/mol. The van der Waals surface area contributed by atoms with Crippen LogP contribution in [0.4, 0.5) is 8.78 Å². The SMILES string of the molecule is CC(=O)C(N)CC(C)(C)C(F)F. The maximum atomic E-state index is 12.3. The van der Waals surface area contributed by atoms with Crippen LogP contribution in [0.2, 0.25) is 0 Å². The zero-order valence-corrected chi connectivity index (χ0v) is 7.60. The molecule has 0 amide bonds. The Morgan fingerprint density at radius 1 is 1.50 bits per heavy atom. The van der Waals surface area contributed by atoms with Crippen LogP contribution in [0.1, 0.15) is 27.2 Å². The van der Waals surface area contributed by atoms with E-state index >= 15 is 0 Å². The van der Waals surface area contributed by atoms with Crippen LogP contribution >= 0.6 is 0 Å². The maximum absolute atomic E-state index is 12.3. The van der Waals surface area contributed by atoms with Gasteiger partial charge in [-0.15, -0.1) is 0 Å². The van der Waals surface area contributed by atoms with Gasteiger partial charge in [-0.05, 0) is 13.3 Å². The summed E-state index contributed by atoms with van der Waals surface area (Å²) in [5, 5.41) is 0. The van der Waals surface area contributed by atoms with Crippen molar-refractivity contribution >= 4 is 5.78 Å². The number of Topliss-reactive ketones (excluding diaryl/α,β-unsaturated/α-hetero) is 1. The second kappa shape index (κ2) is 3.94. The zero-order valence-electron chi connectivity index (χ0n) is 7.60. The third kappa shape index (κ3) is 3.26. The summed E-state index contributed by atoms with van der Waals surface area (Å²) in [4.78, 5) is 10.7. The highest BCUT2D eigenvalue weighted by Crippen LogP contribution is 2.29. The number of carbonyl (C=O) groups excluding carboxylic acids is 1. The van der Waals surface area contributed by atoms with Crippen LogP contribution in [0.25, 0.3) is 0 Å². The van der Waals surface area contributed by atoms with Crippen molar-refractivity contribution in [1.29, 1.82) is 0 Å².